The maximum absolute atomic E-state index is 10.2. The van der Waals surface area contributed by atoms with Gasteiger partial charge in [0.25, 0.3) is 0 Å². The van der Waals surface area contributed by atoms with Crippen LogP contribution >= 0.6 is 11.8 Å². The van der Waals surface area contributed by atoms with Crippen LogP contribution in [0.3, 0.4) is 0 Å². The highest BCUT2D eigenvalue weighted by molar-refractivity contribution is 7.99. The Morgan fingerprint density at radius 2 is 1.08 bits per heavy atom. The third kappa shape index (κ3) is 5.18. The Balaban J connectivity index is 2.38. The predicted octanol–water partition coefficient (Wildman–Crippen LogP) is 6.26. The number of benzene rings is 2. The maximum Gasteiger partial charge on any atom is 0.119 e. The highest BCUT2D eigenvalue weighted by Crippen LogP contribution is 2.38. The van der Waals surface area contributed by atoms with E-state index >= 15 is 0 Å². The summed E-state index contributed by atoms with van der Waals surface area (Å²) in [6.45, 7) is 12.7. The average molecular weight is 359 g/mol. The second kappa shape index (κ2) is 8.18. The van der Waals surface area contributed by atoms with Crippen molar-refractivity contribution in [3.8, 4) is 11.5 Å². The number of rotatable bonds is 6. The van der Waals surface area contributed by atoms with Crippen molar-refractivity contribution in [3.63, 3.8) is 0 Å². The summed E-state index contributed by atoms with van der Waals surface area (Å²) in [5, 5.41) is 20.4. The summed E-state index contributed by atoms with van der Waals surface area (Å²) in [6, 6.07) is 7.96. The van der Waals surface area contributed by atoms with Crippen LogP contribution in [0.1, 0.15) is 49.9 Å². The van der Waals surface area contributed by atoms with Gasteiger partial charge in [0.15, 0.2) is 0 Å². The second-order valence-electron chi connectivity index (χ2n) is 7.79. The summed E-state index contributed by atoms with van der Waals surface area (Å²) in [7, 11) is 0. The minimum absolute atomic E-state index is 0.387. The third-order valence-electron chi connectivity index (χ3n) is 4.23. The Morgan fingerprint density at radius 3 is 1.40 bits per heavy atom. The van der Waals surface area contributed by atoms with Gasteiger partial charge in [-0.2, -0.15) is 0 Å². The molecule has 0 saturated carbocycles. The van der Waals surface area contributed by atoms with Crippen LogP contribution < -0.4 is 0 Å². The van der Waals surface area contributed by atoms with Crippen molar-refractivity contribution < 1.29 is 10.2 Å². The first-order chi connectivity index (χ1) is 11.7. The van der Waals surface area contributed by atoms with Gasteiger partial charge in [-0.3, -0.25) is 0 Å². The van der Waals surface area contributed by atoms with Gasteiger partial charge < -0.3 is 10.2 Å². The van der Waals surface area contributed by atoms with E-state index in [1.54, 1.807) is 11.8 Å². The molecule has 0 aromatic heterocycles. The van der Waals surface area contributed by atoms with Crippen LogP contribution in [0.4, 0.5) is 0 Å². The normalized spacial score (nSPS) is 11.5. The first-order valence-electron chi connectivity index (χ1n) is 9.00. The van der Waals surface area contributed by atoms with Crippen LogP contribution in [0.5, 0.6) is 11.5 Å². The summed E-state index contributed by atoms with van der Waals surface area (Å²) in [5.74, 6) is 1.77. The standard InChI is InChI=1S/C22H30O2S/c1-13(2)7-17-11-21(15(5)9-19(17)23)25-22-12-18(8-14(3)4)20(24)10-16(22)6/h9-14,23-24H,7-8H2,1-6H3. The number of aromatic hydroxyl groups is 2. The first-order valence-corrected chi connectivity index (χ1v) is 9.81. The largest absolute Gasteiger partial charge is 0.508 e. The zero-order valence-electron chi connectivity index (χ0n) is 16.2. The number of phenolic OH excluding ortho intramolecular Hbond substituents is 2. The zero-order chi connectivity index (χ0) is 18.7. The monoisotopic (exact) mass is 358 g/mol. The van der Waals surface area contributed by atoms with Crippen LogP contribution in [0.15, 0.2) is 34.1 Å². The minimum atomic E-state index is 0.387. The van der Waals surface area contributed by atoms with Gasteiger partial charge in [0.05, 0.1) is 0 Å². The SMILES string of the molecule is Cc1cc(O)c(CC(C)C)cc1Sc1cc(CC(C)C)c(O)cc1C. The molecule has 0 amide bonds. The molecule has 0 atom stereocenters. The van der Waals surface area contributed by atoms with Crippen molar-refractivity contribution in [1.82, 2.24) is 0 Å². The van der Waals surface area contributed by atoms with E-state index in [-0.39, 0.29) is 0 Å². The van der Waals surface area contributed by atoms with Gasteiger partial charge in [-0.15, -0.1) is 0 Å². The van der Waals surface area contributed by atoms with Crippen LogP contribution in [0.2, 0.25) is 0 Å². The molecule has 0 aliphatic rings. The fraction of sp³-hybridized carbons (Fsp3) is 0.455. The number of phenols is 2. The van der Waals surface area contributed by atoms with Crippen molar-refractivity contribution in [2.24, 2.45) is 11.8 Å². The van der Waals surface area contributed by atoms with E-state index in [9.17, 15) is 10.2 Å². The topological polar surface area (TPSA) is 40.5 Å². The van der Waals surface area contributed by atoms with E-state index in [0.717, 1.165) is 44.9 Å². The summed E-state index contributed by atoms with van der Waals surface area (Å²) in [4.78, 5) is 2.33. The zero-order valence-corrected chi connectivity index (χ0v) is 17.0. The number of aryl methyl sites for hydroxylation is 2. The van der Waals surface area contributed by atoms with E-state index in [1.807, 2.05) is 26.0 Å². The molecule has 2 rings (SSSR count). The van der Waals surface area contributed by atoms with E-state index in [2.05, 4.69) is 39.8 Å². The van der Waals surface area contributed by atoms with E-state index in [4.69, 9.17) is 0 Å². The molecule has 3 heteroatoms. The number of hydrogen-bond acceptors (Lipinski definition) is 3. The molecule has 0 radical (unpaired) electrons. The molecule has 0 fully saturated rings. The van der Waals surface area contributed by atoms with Gasteiger partial charge in [0.1, 0.15) is 11.5 Å². The lowest BCUT2D eigenvalue weighted by atomic mass is 10.0. The van der Waals surface area contributed by atoms with E-state index in [1.165, 1.54) is 0 Å². The first kappa shape index (κ1) is 19.7. The molecule has 2 N–H and O–H groups in total. The molecule has 0 aliphatic heterocycles. The molecular weight excluding hydrogens is 328 g/mol. The molecule has 25 heavy (non-hydrogen) atoms. The average Bonchev–Trinajstić information content (AvgIpc) is 2.47. The van der Waals surface area contributed by atoms with Crippen molar-refractivity contribution in [1.29, 1.82) is 0 Å². The Bertz CT molecular complexity index is 685. The fourth-order valence-electron chi connectivity index (χ4n) is 2.97. The van der Waals surface area contributed by atoms with E-state index < -0.39 is 0 Å². The van der Waals surface area contributed by atoms with Crippen molar-refractivity contribution in [2.45, 2.75) is 64.2 Å². The summed E-state index contributed by atoms with van der Waals surface area (Å²) in [5.41, 5.74) is 4.16. The van der Waals surface area contributed by atoms with Gasteiger partial charge in [0.2, 0.25) is 0 Å². The highest BCUT2D eigenvalue weighted by atomic mass is 32.2. The van der Waals surface area contributed by atoms with Gasteiger partial charge >= 0.3 is 0 Å². The van der Waals surface area contributed by atoms with Crippen LogP contribution in [0.25, 0.3) is 0 Å². The van der Waals surface area contributed by atoms with Crippen molar-refractivity contribution in [3.05, 3.63) is 46.5 Å². The van der Waals surface area contributed by atoms with Gasteiger partial charge in [-0.1, -0.05) is 39.5 Å². The van der Waals surface area contributed by atoms with Crippen molar-refractivity contribution >= 4 is 11.8 Å². The molecule has 0 aliphatic carbocycles. The van der Waals surface area contributed by atoms with Crippen LogP contribution in [-0.4, -0.2) is 10.2 Å². The summed E-state index contributed by atoms with van der Waals surface area (Å²) < 4.78 is 0. The highest BCUT2D eigenvalue weighted by Gasteiger charge is 2.13. The van der Waals surface area contributed by atoms with Crippen molar-refractivity contribution in [2.75, 3.05) is 0 Å². The Kier molecular flexibility index (Phi) is 6.45. The fourth-order valence-corrected chi connectivity index (χ4v) is 4.05. The second-order valence-corrected chi connectivity index (χ2v) is 8.87. The summed E-state index contributed by atoms with van der Waals surface area (Å²) in [6.07, 6.45) is 1.74. The molecule has 0 heterocycles. The molecule has 136 valence electrons. The lowest BCUT2D eigenvalue weighted by Gasteiger charge is -2.15. The lowest BCUT2D eigenvalue weighted by Crippen LogP contribution is -1.97. The number of hydrogen-bond donors (Lipinski definition) is 2. The molecule has 0 spiro atoms. The molecular formula is C22H30O2S. The molecule has 0 unspecified atom stereocenters. The molecule has 0 bridgehead atoms. The van der Waals surface area contributed by atoms with Crippen LogP contribution in [-0.2, 0) is 12.8 Å². The lowest BCUT2D eigenvalue weighted by molar-refractivity contribution is 0.461. The molecule has 2 aromatic rings. The maximum atomic E-state index is 10.2. The smallest absolute Gasteiger partial charge is 0.119 e. The van der Waals surface area contributed by atoms with E-state index in [0.29, 0.717) is 23.3 Å². The predicted molar refractivity (Wildman–Crippen MR) is 107 cm³/mol. The quantitative estimate of drug-likeness (QED) is 0.640. The van der Waals surface area contributed by atoms with Crippen LogP contribution in [0, 0.1) is 25.7 Å². The minimum Gasteiger partial charge on any atom is -0.508 e. The summed E-state index contributed by atoms with van der Waals surface area (Å²) >= 11 is 1.72. The molecule has 2 nitrogen and oxygen atoms in total. The molecule has 2 aromatic carbocycles. The molecule has 0 saturated heterocycles. The third-order valence-corrected chi connectivity index (χ3v) is 5.55. The Morgan fingerprint density at radius 1 is 0.720 bits per heavy atom. The van der Waals surface area contributed by atoms with Gasteiger partial charge in [-0.05, 0) is 85.0 Å². The Hall–Kier alpha value is -1.61. The van der Waals surface area contributed by atoms with Gasteiger partial charge in [-0.25, -0.2) is 0 Å². The van der Waals surface area contributed by atoms with Gasteiger partial charge in [0, 0.05) is 9.79 Å². The Labute approximate surface area is 156 Å².